The average Bonchev–Trinajstić information content (AvgIpc) is 3.51. The van der Waals surface area contributed by atoms with Crippen molar-refractivity contribution in [2.24, 2.45) is 11.8 Å². The molecule has 3 aliphatic rings. The minimum Gasteiger partial charge on any atom is -0.370 e. The highest BCUT2D eigenvalue weighted by molar-refractivity contribution is 6.33. The van der Waals surface area contributed by atoms with Gasteiger partial charge in [-0.05, 0) is 75.5 Å². The minimum atomic E-state index is -0.221. The molecule has 2 fully saturated rings. The Morgan fingerprint density at radius 2 is 2.03 bits per heavy atom. The number of carbonyl (C=O) groups excluding carboxylic acids is 2. The van der Waals surface area contributed by atoms with Crippen molar-refractivity contribution in [2.75, 3.05) is 11.9 Å². The van der Waals surface area contributed by atoms with Crippen LogP contribution >= 0.6 is 11.6 Å². The van der Waals surface area contributed by atoms with E-state index in [2.05, 4.69) is 15.1 Å². The molecule has 6 nitrogen and oxygen atoms in total. The number of aromatic nitrogens is 2. The van der Waals surface area contributed by atoms with E-state index in [1.54, 1.807) is 0 Å². The average molecular weight is 470 g/mol. The number of halogens is 1. The van der Waals surface area contributed by atoms with Gasteiger partial charge in [-0.15, -0.1) is 0 Å². The summed E-state index contributed by atoms with van der Waals surface area (Å²) in [4.78, 5) is 25.6. The molecular weight excluding hydrogens is 438 g/mol. The van der Waals surface area contributed by atoms with E-state index >= 15 is 0 Å². The summed E-state index contributed by atoms with van der Waals surface area (Å²) in [7, 11) is 0. The van der Waals surface area contributed by atoms with E-state index in [0.29, 0.717) is 18.1 Å². The fraction of sp³-hybridized carbons (Fsp3) is 0.577. The highest BCUT2D eigenvalue weighted by atomic mass is 35.5. The van der Waals surface area contributed by atoms with Crippen molar-refractivity contribution in [3.63, 3.8) is 0 Å². The quantitative estimate of drug-likeness (QED) is 0.612. The van der Waals surface area contributed by atoms with Crippen LogP contribution in [0, 0.1) is 11.8 Å². The monoisotopic (exact) mass is 469 g/mol. The maximum Gasteiger partial charge on any atom is 0.227 e. The van der Waals surface area contributed by atoms with Crippen LogP contribution < -0.4 is 5.32 Å². The molecule has 7 heteroatoms. The predicted molar refractivity (Wildman–Crippen MR) is 128 cm³/mol. The third-order valence-electron chi connectivity index (χ3n) is 7.44. The van der Waals surface area contributed by atoms with E-state index in [4.69, 9.17) is 16.3 Å². The molecule has 1 unspecified atom stereocenters. The number of nitrogens with one attached hydrogen (secondary N) is 1. The third-order valence-corrected chi connectivity index (χ3v) is 7.77. The number of amides is 1. The van der Waals surface area contributed by atoms with Gasteiger partial charge in [0.15, 0.2) is 5.78 Å². The molecule has 1 aromatic carbocycles. The van der Waals surface area contributed by atoms with E-state index < -0.39 is 0 Å². The highest BCUT2D eigenvalue weighted by Gasteiger charge is 2.31. The lowest BCUT2D eigenvalue weighted by Gasteiger charge is -2.28. The standard InChI is InChI=1S/C26H32ClN3O3/c27-22-10-9-19(15-20(22)21-16-28-30-11-2-1-7-23(21)30)29-26(32)18-6-3-5-17(13-18)14-24(31)25-8-4-12-33-25/h9-10,15-18,25H,1-8,11-14H2,(H,29,32)/t17-,18+,25?/m1/s1. The molecule has 2 aliphatic heterocycles. The first kappa shape index (κ1) is 22.6. The minimum absolute atomic E-state index is 0.0366. The van der Waals surface area contributed by atoms with Crippen LogP contribution in [-0.4, -0.2) is 34.2 Å². The van der Waals surface area contributed by atoms with E-state index in [1.165, 1.54) is 5.69 Å². The molecule has 1 amide bonds. The number of rotatable bonds is 6. The van der Waals surface area contributed by atoms with Crippen molar-refractivity contribution in [3.05, 3.63) is 35.1 Å². The molecule has 1 N–H and O–H groups in total. The first-order valence-corrected chi connectivity index (χ1v) is 12.8. The van der Waals surface area contributed by atoms with Crippen LogP contribution in [0.5, 0.6) is 0 Å². The van der Waals surface area contributed by atoms with Gasteiger partial charge in [-0.1, -0.05) is 18.0 Å². The van der Waals surface area contributed by atoms with Crippen LogP contribution in [0.2, 0.25) is 5.02 Å². The number of hydrogen-bond donors (Lipinski definition) is 1. The Balaban J connectivity index is 1.24. The van der Waals surface area contributed by atoms with Crippen molar-refractivity contribution >= 4 is 29.0 Å². The van der Waals surface area contributed by atoms with Gasteiger partial charge < -0.3 is 10.1 Å². The lowest BCUT2D eigenvalue weighted by molar-refractivity contribution is -0.130. The maximum absolute atomic E-state index is 13.1. The van der Waals surface area contributed by atoms with Crippen molar-refractivity contribution in [1.82, 2.24) is 9.78 Å². The Kier molecular flexibility index (Phi) is 6.84. The van der Waals surface area contributed by atoms with E-state index in [9.17, 15) is 9.59 Å². The number of ether oxygens (including phenoxy) is 1. The summed E-state index contributed by atoms with van der Waals surface area (Å²) in [6.45, 7) is 1.64. The van der Waals surface area contributed by atoms with Crippen LogP contribution in [0.1, 0.15) is 63.5 Å². The normalized spacial score (nSPS) is 24.9. The van der Waals surface area contributed by atoms with Gasteiger partial charge in [0.1, 0.15) is 6.10 Å². The maximum atomic E-state index is 13.1. The van der Waals surface area contributed by atoms with Gasteiger partial charge in [0.2, 0.25) is 5.91 Å². The smallest absolute Gasteiger partial charge is 0.227 e. The molecule has 176 valence electrons. The van der Waals surface area contributed by atoms with E-state index in [1.807, 2.05) is 24.4 Å². The largest absolute Gasteiger partial charge is 0.370 e. The summed E-state index contributed by atoms with van der Waals surface area (Å²) in [6.07, 6.45) is 11.0. The molecule has 3 atom stereocenters. The molecule has 1 saturated heterocycles. The summed E-state index contributed by atoms with van der Waals surface area (Å²) >= 11 is 6.54. The summed E-state index contributed by atoms with van der Waals surface area (Å²) in [5.41, 5.74) is 3.95. The number of benzene rings is 1. The number of fused-ring (bicyclic) bond motifs is 1. The van der Waals surface area contributed by atoms with E-state index in [-0.39, 0.29) is 29.6 Å². The molecule has 5 rings (SSSR count). The van der Waals surface area contributed by atoms with Crippen LogP contribution in [0.25, 0.3) is 11.1 Å². The Labute approximate surface area is 200 Å². The fourth-order valence-corrected chi connectivity index (χ4v) is 5.88. The van der Waals surface area contributed by atoms with Gasteiger partial charge in [0.25, 0.3) is 0 Å². The second kappa shape index (κ2) is 9.98. The fourth-order valence-electron chi connectivity index (χ4n) is 5.66. The Morgan fingerprint density at radius 1 is 1.12 bits per heavy atom. The number of nitrogens with zero attached hydrogens (tertiary/aromatic N) is 2. The van der Waals surface area contributed by atoms with Gasteiger partial charge in [-0.25, -0.2) is 0 Å². The molecule has 1 saturated carbocycles. The molecule has 33 heavy (non-hydrogen) atoms. The number of carbonyl (C=O) groups is 2. The van der Waals surface area contributed by atoms with E-state index in [0.717, 1.165) is 81.1 Å². The van der Waals surface area contributed by atoms with Crippen LogP contribution in [-0.2, 0) is 27.3 Å². The Hall–Kier alpha value is -2.18. The molecule has 1 aliphatic carbocycles. The first-order valence-electron chi connectivity index (χ1n) is 12.4. The SMILES string of the molecule is O=C(C[C@@H]1CCC[C@H](C(=O)Nc2ccc(Cl)c(-c3cnn4c3CCCC4)c2)C1)C1CCCO1. The van der Waals surface area contributed by atoms with Gasteiger partial charge in [0.05, 0.1) is 6.20 Å². The number of ketones is 1. The number of hydrogen-bond acceptors (Lipinski definition) is 4. The Morgan fingerprint density at radius 3 is 2.88 bits per heavy atom. The first-order chi connectivity index (χ1) is 16.1. The molecule has 0 bridgehead atoms. The second-order valence-corrected chi connectivity index (χ2v) is 10.2. The van der Waals surface area contributed by atoms with Crippen molar-refractivity contribution in [1.29, 1.82) is 0 Å². The number of anilines is 1. The summed E-state index contributed by atoms with van der Waals surface area (Å²) in [6, 6.07) is 5.68. The van der Waals surface area contributed by atoms with Gasteiger partial charge in [-0.2, -0.15) is 5.10 Å². The zero-order chi connectivity index (χ0) is 22.8. The molecule has 2 aromatic rings. The van der Waals surface area contributed by atoms with Crippen molar-refractivity contribution in [3.8, 4) is 11.1 Å². The molecule has 0 radical (unpaired) electrons. The zero-order valence-electron chi connectivity index (χ0n) is 19.0. The van der Waals surface area contributed by atoms with Crippen LogP contribution in [0.15, 0.2) is 24.4 Å². The van der Waals surface area contributed by atoms with Gasteiger partial charge in [0, 0.05) is 53.0 Å². The topological polar surface area (TPSA) is 73.2 Å². The predicted octanol–water partition coefficient (Wildman–Crippen LogP) is 5.42. The lowest BCUT2D eigenvalue weighted by Crippen LogP contribution is -2.30. The second-order valence-electron chi connectivity index (χ2n) is 9.77. The number of Topliss-reactive ketones (excluding diaryl/α,β-unsaturated/α-hetero) is 1. The van der Waals surface area contributed by atoms with Crippen molar-refractivity contribution < 1.29 is 14.3 Å². The number of aryl methyl sites for hydroxylation is 1. The van der Waals surface area contributed by atoms with Crippen LogP contribution in [0.3, 0.4) is 0 Å². The van der Waals surface area contributed by atoms with Crippen LogP contribution in [0.4, 0.5) is 5.69 Å². The molecule has 3 heterocycles. The summed E-state index contributed by atoms with van der Waals surface area (Å²) < 4.78 is 7.62. The Bertz CT molecular complexity index is 1030. The van der Waals surface area contributed by atoms with Gasteiger partial charge >= 0.3 is 0 Å². The lowest BCUT2D eigenvalue weighted by atomic mass is 9.78. The summed E-state index contributed by atoms with van der Waals surface area (Å²) in [5.74, 6) is 0.454. The third kappa shape index (κ3) is 5.02. The van der Waals surface area contributed by atoms with Crippen molar-refractivity contribution in [2.45, 2.75) is 76.9 Å². The molecular formula is C26H32ClN3O3. The van der Waals surface area contributed by atoms with Gasteiger partial charge in [-0.3, -0.25) is 14.3 Å². The molecule has 1 aromatic heterocycles. The molecule has 0 spiro atoms. The summed E-state index contributed by atoms with van der Waals surface area (Å²) in [5, 5.41) is 8.32. The highest BCUT2D eigenvalue weighted by Crippen LogP contribution is 2.36. The zero-order valence-corrected chi connectivity index (χ0v) is 19.8.